The average molecular weight is 404 g/mol. The van der Waals surface area contributed by atoms with Crippen LogP contribution >= 0.6 is 0 Å². The summed E-state index contributed by atoms with van der Waals surface area (Å²) >= 11 is 0. The Labute approximate surface area is 170 Å². The number of hydrogen-bond acceptors (Lipinski definition) is 7. The molecule has 1 saturated heterocycles. The number of hydrogen-bond donors (Lipinski definition) is 1. The molecule has 0 amide bonds. The summed E-state index contributed by atoms with van der Waals surface area (Å²) in [7, 11) is 0. The van der Waals surface area contributed by atoms with Gasteiger partial charge in [-0.25, -0.2) is 9.59 Å². The monoisotopic (exact) mass is 404 g/mol. The maximum Gasteiger partial charge on any atom is 0.334 e. The Morgan fingerprint density at radius 3 is 2.48 bits per heavy atom. The first-order valence-electron chi connectivity index (χ1n) is 9.50. The van der Waals surface area contributed by atoms with Crippen LogP contribution in [-0.2, 0) is 28.6 Å². The molecule has 158 valence electrons. The van der Waals surface area contributed by atoms with Crippen LogP contribution < -0.4 is 0 Å². The number of aliphatic hydroxyl groups is 1. The standard InChI is InChI=1S/C22H28O7/c1-7-11(2)21(25)29-20-18-14(5)22(26)28-17(18)10-13(4)16(27-15(6)23)9-8-12(3)19(20)24/h7-8,10,16-20,24H,5,9H2,1-4,6H3/b11-7-,12-8+,13-10-/t16-,17+,18?,19?,20-/m0/s1. The molecule has 2 unspecified atom stereocenters. The zero-order chi connectivity index (χ0) is 21.9. The predicted octanol–water partition coefficient (Wildman–Crippen LogP) is 2.55. The van der Waals surface area contributed by atoms with Gasteiger partial charge in [0.2, 0.25) is 0 Å². The topological polar surface area (TPSA) is 99.1 Å². The first-order valence-corrected chi connectivity index (χ1v) is 9.50. The second kappa shape index (κ2) is 9.22. The lowest BCUT2D eigenvalue weighted by molar-refractivity contribution is -0.153. The molecule has 1 N–H and O–H groups in total. The Bertz CT molecular complexity index is 802. The summed E-state index contributed by atoms with van der Waals surface area (Å²) in [6, 6.07) is 0. The Balaban J connectivity index is 2.52. The van der Waals surface area contributed by atoms with Gasteiger partial charge in [-0.2, -0.15) is 0 Å². The summed E-state index contributed by atoms with van der Waals surface area (Å²) in [5, 5.41) is 10.9. The van der Waals surface area contributed by atoms with Crippen LogP contribution in [0, 0.1) is 5.92 Å². The second-order valence-corrected chi connectivity index (χ2v) is 7.40. The van der Waals surface area contributed by atoms with Crippen LogP contribution in [0.3, 0.4) is 0 Å². The fraction of sp³-hybridized carbons (Fsp3) is 0.500. The Morgan fingerprint density at radius 2 is 1.90 bits per heavy atom. The predicted molar refractivity (Wildman–Crippen MR) is 106 cm³/mol. The third kappa shape index (κ3) is 5.03. The molecule has 1 aliphatic heterocycles. The van der Waals surface area contributed by atoms with Crippen molar-refractivity contribution in [3.05, 3.63) is 47.1 Å². The lowest BCUT2D eigenvalue weighted by Crippen LogP contribution is -2.43. The Morgan fingerprint density at radius 1 is 1.24 bits per heavy atom. The molecule has 0 saturated carbocycles. The highest BCUT2D eigenvalue weighted by molar-refractivity contribution is 5.92. The van der Waals surface area contributed by atoms with Crippen LogP contribution in [0.2, 0.25) is 0 Å². The van der Waals surface area contributed by atoms with Gasteiger partial charge in [-0.15, -0.1) is 0 Å². The van der Waals surface area contributed by atoms with E-state index >= 15 is 0 Å². The first kappa shape index (κ1) is 22.6. The van der Waals surface area contributed by atoms with Crippen LogP contribution in [0.25, 0.3) is 0 Å². The highest BCUT2D eigenvalue weighted by Gasteiger charge is 2.47. The highest BCUT2D eigenvalue weighted by Crippen LogP contribution is 2.37. The molecule has 2 aliphatic rings. The summed E-state index contributed by atoms with van der Waals surface area (Å²) in [6.07, 6.45) is 1.71. The maximum absolute atomic E-state index is 12.4. The van der Waals surface area contributed by atoms with Crippen LogP contribution in [0.1, 0.15) is 41.0 Å². The number of allylic oxidation sites excluding steroid dienone is 1. The average Bonchev–Trinajstić information content (AvgIpc) is 2.93. The van der Waals surface area contributed by atoms with Gasteiger partial charge in [-0.1, -0.05) is 18.7 Å². The van der Waals surface area contributed by atoms with Gasteiger partial charge >= 0.3 is 17.9 Å². The lowest BCUT2D eigenvalue weighted by atomic mass is 9.83. The molecule has 0 spiro atoms. The quantitative estimate of drug-likeness (QED) is 0.334. The number of rotatable bonds is 3. The first-order chi connectivity index (χ1) is 13.6. The molecule has 5 atom stereocenters. The minimum Gasteiger partial charge on any atom is -0.458 e. The van der Waals surface area contributed by atoms with Gasteiger partial charge in [0.1, 0.15) is 24.4 Å². The van der Waals surface area contributed by atoms with Crippen molar-refractivity contribution in [1.29, 1.82) is 0 Å². The third-order valence-corrected chi connectivity index (χ3v) is 5.29. The van der Waals surface area contributed by atoms with Gasteiger partial charge in [0, 0.05) is 24.5 Å². The van der Waals surface area contributed by atoms with Crippen molar-refractivity contribution >= 4 is 17.9 Å². The number of aliphatic hydroxyl groups excluding tert-OH is 1. The van der Waals surface area contributed by atoms with Gasteiger partial charge in [0.05, 0.1) is 5.92 Å². The van der Waals surface area contributed by atoms with Crippen molar-refractivity contribution in [2.24, 2.45) is 5.92 Å². The number of fused-ring (bicyclic) bond motifs is 1. The van der Waals surface area contributed by atoms with Crippen molar-refractivity contribution in [1.82, 2.24) is 0 Å². The van der Waals surface area contributed by atoms with Crippen molar-refractivity contribution < 1.29 is 33.7 Å². The normalized spacial score (nSPS) is 34.1. The second-order valence-electron chi connectivity index (χ2n) is 7.40. The van der Waals surface area contributed by atoms with Crippen LogP contribution in [0.15, 0.2) is 47.1 Å². The van der Waals surface area contributed by atoms with E-state index in [0.717, 1.165) is 0 Å². The largest absolute Gasteiger partial charge is 0.458 e. The molecule has 0 radical (unpaired) electrons. The summed E-state index contributed by atoms with van der Waals surface area (Å²) < 4.78 is 16.4. The van der Waals surface area contributed by atoms with Gasteiger partial charge in [0.25, 0.3) is 0 Å². The van der Waals surface area contributed by atoms with E-state index in [2.05, 4.69) is 6.58 Å². The minimum atomic E-state index is -1.19. The number of carbonyl (C=O) groups is 3. The molecule has 0 aromatic heterocycles. The van der Waals surface area contributed by atoms with E-state index < -0.39 is 48.2 Å². The molecule has 7 heteroatoms. The molecular weight excluding hydrogens is 376 g/mol. The van der Waals surface area contributed by atoms with Crippen LogP contribution in [-0.4, -0.2) is 47.4 Å². The molecule has 0 aromatic carbocycles. The van der Waals surface area contributed by atoms with E-state index in [1.54, 1.807) is 45.9 Å². The van der Waals surface area contributed by atoms with Crippen LogP contribution in [0.5, 0.6) is 0 Å². The van der Waals surface area contributed by atoms with Gasteiger partial charge < -0.3 is 19.3 Å². The minimum absolute atomic E-state index is 0.117. The summed E-state index contributed by atoms with van der Waals surface area (Å²) in [5.41, 5.74) is 1.71. The lowest BCUT2D eigenvalue weighted by Gasteiger charge is -2.32. The third-order valence-electron chi connectivity index (χ3n) is 5.29. The number of ether oxygens (including phenoxy) is 3. The van der Waals surface area contributed by atoms with E-state index in [0.29, 0.717) is 23.1 Å². The molecule has 0 bridgehead atoms. The molecular formula is C22H28O7. The SMILES string of the molecule is C=C1C(=O)O[C@@H]2/C=C(/C)[C@@H](OC(C)=O)C/C=C(\C)C(O)[C@@H](OC(=O)/C(C)=C\C)C12. The maximum atomic E-state index is 12.4. The molecule has 29 heavy (non-hydrogen) atoms. The Hall–Kier alpha value is -2.67. The summed E-state index contributed by atoms with van der Waals surface area (Å²) in [5.74, 6) is -2.43. The fourth-order valence-electron chi connectivity index (χ4n) is 3.36. The van der Waals surface area contributed by atoms with E-state index in [-0.39, 0.29) is 5.57 Å². The van der Waals surface area contributed by atoms with Crippen molar-refractivity contribution in [3.8, 4) is 0 Å². The molecule has 7 nitrogen and oxygen atoms in total. The van der Waals surface area contributed by atoms with Crippen molar-refractivity contribution in [2.75, 3.05) is 0 Å². The molecule has 2 rings (SSSR count). The molecule has 1 heterocycles. The van der Waals surface area contributed by atoms with Gasteiger partial charge in [-0.3, -0.25) is 4.79 Å². The van der Waals surface area contributed by atoms with E-state index in [1.165, 1.54) is 6.92 Å². The number of esters is 3. The summed E-state index contributed by atoms with van der Waals surface area (Å²) in [4.78, 5) is 36.1. The molecule has 1 aliphatic carbocycles. The van der Waals surface area contributed by atoms with Gasteiger partial charge in [-0.05, 0) is 44.9 Å². The van der Waals surface area contributed by atoms with Gasteiger partial charge in [0.15, 0.2) is 0 Å². The fourth-order valence-corrected chi connectivity index (χ4v) is 3.36. The Kier molecular flexibility index (Phi) is 7.19. The van der Waals surface area contributed by atoms with E-state index in [9.17, 15) is 19.5 Å². The van der Waals surface area contributed by atoms with E-state index in [1.807, 2.05) is 0 Å². The molecule has 1 fully saturated rings. The van der Waals surface area contributed by atoms with Crippen molar-refractivity contribution in [2.45, 2.75) is 65.5 Å². The highest BCUT2D eigenvalue weighted by atomic mass is 16.6. The number of carbonyl (C=O) groups excluding carboxylic acids is 3. The van der Waals surface area contributed by atoms with E-state index in [4.69, 9.17) is 14.2 Å². The van der Waals surface area contributed by atoms with Crippen molar-refractivity contribution in [3.63, 3.8) is 0 Å². The smallest absolute Gasteiger partial charge is 0.334 e. The molecule has 0 aromatic rings. The zero-order valence-corrected chi connectivity index (χ0v) is 17.4. The summed E-state index contributed by atoms with van der Waals surface area (Å²) in [6.45, 7) is 11.9. The van der Waals surface area contributed by atoms with Crippen LogP contribution in [0.4, 0.5) is 0 Å². The zero-order valence-electron chi connectivity index (χ0n) is 17.4.